The molecule has 0 aliphatic heterocycles. The molecule has 2 rings (SSSR count). The van der Waals surface area contributed by atoms with Crippen LogP contribution in [0.15, 0.2) is 42.5 Å². The maximum absolute atomic E-state index is 13.5. The van der Waals surface area contributed by atoms with Gasteiger partial charge in [0.15, 0.2) is 11.6 Å². The van der Waals surface area contributed by atoms with Gasteiger partial charge in [-0.05, 0) is 48.4 Å². The van der Waals surface area contributed by atoms with E-state index in [2.05, 4.69) is 5.32 Å². The van der Waals surface area contributed by atoms with Gasteiger partial charge in [0.05, 0.1) is 14.2 Å². The third kappa shape index (κ3) is 3.97. The molecule has 0 aliphatic rings. The molecule has 0 unspecified atom stereocenters. The number of nitrogens with one attached hydrogen (secondary N) is 1. The van der Waals surface area contributed by atoms with E-state index in [9.17, 15) is 9.18 Å². The fraction of sp³-hybridized carbons (Fsp3) is 0.235. The first-order chi connectivity index (χ1) is 10.6. The van der Waals surface area contributed by atoms with Gasteiger partial charge < -0.3 is 14.8 Å². The van der Waals surface area contributed by atoms with Crippen molar-refractivity contribution >= 4 is 5.91 Å². The zero-order valence-corrected chi connectivity index (χ0v) is 12.6. The topological polar surface area (TPSA) is 47.6 Å². The molecule has 0 radical (unpaired) electrons. The van der Waals surface area contributed by atoms with Crippen molar-refractivity contribution < 1.29 is 18.7 Å². The summed E-state index contributed by atoms with van der Waals surface area (Å²) in [7, 11) is 3.00. The number of ether oxygens (including phenoxy) is 2. The van der Waals surface area contributed by atoms with Gasteiger partial charge in [0.1, 0.15) is 5.75 Å². The van der Waals surface area contributed by atoms with Crippen LogP contribution in [0.4, 0.5) is 4.39 Å². The van der Waals surface area contributed by atoms with Crippen molar-refractivity contribution in [3.63, 3.8) is 0 Å². The predicted octanol–water partition coefficient (Wildman–Crippen LogP) is 2.82. The largest absolute Gasteiger partial charge is 0.497 e. The lowest BCUT2D eigenvalue weighted by molar-refractivity contribution is 0.0954. The van der Waals surface area contributed by atoms with E-state index in [-0.39, 0.29) is 11.7 Å². The lowest BCUT2D eigenvalue weighted by Crippen LogP contribution is -2.25. The zero-order valence-electron chi connectivity index (χ0n) is 12.6. The highest BCUT2D eigenvalue weighted by Crippen LogP contribution is 2.17. The number of methoxy groups -OCH3 is 2. The van der Waals surface area contributed by atoms with Gasteiger partial charge in [-0.1, -0.05) is 6.07 Å². The number of halogens is 1. The lowest BCUT2D eigenvalue weighted by atomic mass is 10.1. The molecule has 0 aliphatic carbocycles. The van der Waals surface area contributed by atoms with E-state index < -0.39 is 5.82 Å². The molecule has 116 valence electrons. The highest BCUT2D eigenvalue weighted by atomic mass is 19.1. The molecule has 1 N–H and O–H groups in total. The van der Waals surface area contributed by atoms with Crippen LogP contribution in [0.3, 0.4) is 0 Å². The first kappa shape index (κ1) is 15.8. The highest BCUT2D eigenvalue weighted by molar-refractivity contribution is 5.94. The minimum absolute atomic E-state index is 0.170. The van der Waals surface area contributed by atoms with Gasteiger partial charge in [-0.15, -0.1) is 0 Å². The average molecular weight is 303 g/mol. The molecular formula is C17H18FNO3. The van der Waals surface area contributed by atoms with Gasteiger partial charge in [0.25, 0.3) is 5.91 Å². The summed E-state index contributed by atoms with van der Waals surface area (Å²) in [5.41, 5.74) is 1.36. The van der Waals surface area contributed by atoms with Crippen molar-refractivity contribution in [2.75, 3.05) is 20.8 Å². The molecular weight excluding hydrogens is 285 g/mol. The highest BCUT2D eigenvalue weighted by Gasteiger charge is 2.06. The SMILES string of the molecule is COc1ccc(C(=O)NCCc2ccc(OC)c(F)c2)cc1. The Balaban J connectivity index is 1.87. The van der Waals surface area contributed by atoms with Crippen molar-refractivity contribution in [2.45, 2.75) is 6.42 Å². The van der Waals surface area contributed by atoms with Crippen LogP contribution < -0.4 is 14.8 Å². The molecule has 0 fully saturated rings. The molecule has 2 aromatic carbocycles. The summed E-state index contributed by atoms with van der Waals surface area (Å²) >= 11 is 0. The van der Waals surface area contributed by atoms with Gasteiger partial charge in [0.2, 0.25) is 0 Å². The van der Waals surface area contributed by atoms with Gasteiger partial charge in [0, 0.05) is 12.1 Å². The third-order valence-electron chi connectivity index (χ3n) is 3.27. The number of carbonyl (C=O) groups is 1. The van der Waals surface area contributed by atoms with Crippen LogP contribution in [0.5, 0.6) is 11.5 Å². The summed E-state index contributed by atoms with van der Waals surface area (Å²) in [6.45, 7) is 0.427. The summed E-state index contributed by atoms with van der Waals surface area (Å²) in [6, 6.07) is 11.6. The zero-order chi connectivity index (χ0) is 15.9. The minimum atomic E-state index is -0.401. The number of amides is 1. The molecule has 0 saturated heterocycles. The van der Waals surface area contributed by atoms with Crippen molar-refractivity contribution in [1.29, 1.82) is 0 Å². The second-order valence-corrected chi connectivity index (χ2v) is 4.70. The maximum atomic E-state index is 13.5. The molecule has 0 saturated carbocycles. The van der Waals surface area contributed by atoms with Crippen LogP contribution in [0.2, 0.25) is 0 Å². The van der Waals surface area contributed by atoms with E-state index in [1.807, 2.05) is 0 Å². The molecule has 1 amide bonds. The van der Waals surface area contributed by atoms with Crippen LogP contribution in [0.1, 0.15) is 15.9 Å². The van der Waals surface area contributed by atoms with E-state index in [0.717, 1.165) is 5.56 Å². The normalized spacial score (nSPS) is 10.1. The average Bonchev–Trinajstić information content (AvgIpc) is 2.55. The Labute approximate surface area is 128 Å². The van der Waals surface area contributed by atoms with Crippen molar-refractivity contribution in [3.05, 3.63) is 59.4 Å². The third-order valence-corrected chi connectivity index (χ3v) is 3.27. The summed E-state index contributed by atoms with van der Waals surface area (Å²) in [4.78, 5) is 12.0. The van der Waals surface area contributed by atoms with Crippen LogP contribution in [0.25, 0.3) is 0 Å². The van der Waals surface area contributed by atoms with E-state index in [0.29, 0.717) is 24.3 Å². The van der Waals surface area contributed by atoms with Gasteiger partial charge in [-0.25, -0.2) is 4.39 Å². The standard InChI is InChI=1S/C17H18FNO3/c1-21-14-6-4-13(5-7-14)17(20)19-10-9-12-3-8-16(22-2)15(18)11-12/h3-8,11H,9-10H2,1-2H3,(H,19,20). The molecule has 0 heterocycles. The fourth-order valence-electron chi connectivity index (χ4n) is 2.03. The van der Waals surface area contributed by atoms with E-state index in [1.165, 1.54) is 13.2 Å². The van der Waals surface area contributed by atoms with Crippen molar-refractivity contribution in [2.24, 2.45) is 0 Å². The number of hydrogen-bond acceptors (Lipinski definition) is 3. The Morgan fingerprint density at radius 2 is 1.82 bits per heavy atom. The summed E-state index contributed by atoms with van der Waals surface area (Å²) < 4.78 is 23.5. The van der Waals surface area contributed by atoms with E-state index >= 15 is 0 Å². The number of benzene rings is 2. The van der Waals surface area contributed by atoms with Crippen LogP contribution in [0, 0.1) is 5.82 Å². The van der Waals surface area contributed by atoms with E-state index in [4.69, 9.17) is 9.47 Å². The molecule has 2 aromatic rings. The van der Waals surface area contributed by atoms with Gasteiger partial charge in [-0.2, -0.15) is 0 Å². The Morgan fingerprint density at radius 1 is 1.09 bits per heavy atom. The molecule has 0 spiro atoms. The summed E-state index contributed by atoms with van der Waals surface area (Å²) in [5.74, 6) is 0.342. The quantitative estimate of drug-likeness (QED) is 0.892. The first-order valence-corrected chi connectivity index (χ1v) is 6.88. The predicted molar refractivity (Wildman–Crippen MR) is 82.0 cm³/mol. The van der Waals surface area contributed by atoms with Gasteiger partial charge >= 0.3 is 0 Å². The molecule has 4 nitrogen and oxygen atoms in total. The van der Waals surface area contributed by atoms with Gasteiger partial charge in [-0.3, -0.25) is 4.79 Å². The smallest absolute Gasteiger partial charge is 0.251 e. The molecule has 5 heteroatoms. The van der Waals surface area contributed by atoms with Crippen LogP contribution in [-0.4, -0.2) is 26.7 Å². The Kier molecular flexibility index (Phi) is 5.36. The Morgan fingerprint density at radius 3 is 2.41 bits per heavy atom. The minimum Gasteiger partial charge on any atom is -0.497 e. The summed E-state index contributed by atoms with van der Waals surface area (Å²) in [5, 5.41) is 2.80. The summed E-state index contributed by atoms with van der Waals surface area (Å²) in [6.07, 6.45) is 0.544. The van der Waals surface area contributed by atoms with Crippen molar-refractivity contribution in [3.8, 4) is 11.5 Å². The molecule has 0 bridgehead atoms. The second-order valence-electron chi connectivity index (χ2n) is 4.70. The molecule has 0 atom stereocenters. The number of carbonyl (C=O) groups excluding carboxylic acids is 1. The fourth-order valence-corrected chi connectivity index (χ4v) is 2.03. The van der Waals surface area contributed by atoms with E-state index in [1.54, 1.807) is 43.5 Å². The molecule has 0 aromatic heterocycles. The Hall–Kier alpha value is -2.56. The van der Waals surface area contributed by atoms with Crippen molar-refractivity contribution in [1.82, 2.24) is 5.32 Å². The first-order valence-electron chi connectivity index (χ1n) is 6.88. The second kappa shape index (κ2) is 7.45. The molecule has 22 heavy (non-hydrogen) atoms. The maximum Gasteiger partial charge on any atom is 0.251 e. The Bertz CT molecular complexity index is 641. The van der Waals surface area contributed by atoms with Crippen LogP contribution in [-0.2, 0) is 6.42 Å². The lowest BCUT2D eigenvalue weighted by Gasteiger charge is -2.07. The number of hydrogen-bond donors (Lipinski definition) is 1. The monoisotopic (exact) mass is 303 g/mol. The number of rotatable bonds is 6. The van der Waals surface area contributed by atoms with Crippen LogP contribution >= 0.6 is 0 Å².